The van der Waals surface area contributed by atoms with Gasteiger partial charge in [0.05, 0.1) is 0 Å². The molecule has 0 atom stereocenters. The average molecular weight is 339 g/mol. The van der Waals surface area contributed by atoms with E-state index in [9.17, 15) is 9.59 Å². The van der Waals surface area contributed by atoms with Gasteiger partial charge in [0.25, 0.3) is 0 Å². The number of aromatic nitrogens is 1. The zero-order valence-corrected chi connectivity index (χ0v) is 14.3. The van der Waals surface area contributed by atoms with E-state index in [4.69, 9.17) is 0 Å². The second kappa shape index (κ2) is 6.45. The van der Waals surface area contributed by atoms with Crippen LogP contribution in [-0.2, 0) is 7.05 Å². The highest BCUT2D eigenvalue weighted by Gasteiger charge is 2.18. The van der Waals surface area contributed by atoms with Gasteiger partial charge in [-0.2, -0.15) is 0 Å². The van der Waals surface area contributed by atoms with Gasteiger partial charge in [0.1, 0.15) is 0 Å². The summed E-state index contributed by atoms with van der Waals surface area (Å²) in [6.07, 6.45) is 1.91. The number of hydrogen-bond acceptors (Lipinski definition) is 2. The van der Waals surface area contributed by atoms with Gasteiger partial charge in [0, 0.05) is 46.4 Å². The lowest BCUT2D eigenvalue weighted by atomic mass is 9.94. The lowest BCUT2D eigenvalue weighted by Gasteiger charge is -2.09. The molecule has 0 fully saturated rings. The third kappa shape index (κ3) is 2.74. The highest BCUT2D eigenvalue weighted by molar-refractivity contribution is 6.19. The minimum absolute atomic E-state index is 0.0792. The molecular formula is C23H17NO2. The van der Waals surface area contributed by atoms with Crippen LogP contribution >= 0.6 is 0 Å². The van der Waals surface area contributed by atoms with E-state index in [1.54, 1.807) is 30.3 Å². The number of benzene rings is 3. The highest BCUT2D eigenvalue weighted by Crippen LogP contribution is 2.26. The van der Waals surface area contributed by atoms with E-state index in [0.29, 0.717) is 22.3 Å². The molecule has 3 nitrogen and oxygen atoms in total. The van der Waals surface area contributed by atoms with Crippen molar-refractivity contribution < 1.29 is 9.59 Å². The van der Waals surface area contributed by atoms with Gasteiger partial charge in [0.15, 0.2) is 11.6 Å². The van der Waals surface area contributed by atoms with Gasteiger partial charge in [-0.3, -0.25) is 9.59 Å². The second-order valence-corrected chi connectivity index (χ2v) is 6.27. The molecule has 3 aromatic carbocycles. The average Bonchev–Trinajstić information content (AvgIpc) is 3.08. The van der Waals surface area contributed by atoms with Gasteiger partial charge in [0.2, 0.25) is 0 Å². The van der Waals surface area contributed by atoms with Crippen LogP contribution in [-0.4, -0.2) is 16.1 Å². The zero-order valence-electron chi connectivity index (χ0n) is 14.3. The molecule has 0 saturated heterocycles. The standard InChI is InChI=1S/C23H17NO2/c1-24-13-12-19-20(23(26)17-10-6-3-7-11-17)14-18(15-21(19)24)22(25)16-8-4-2-5-9-16/h2-15H,1H3. The molecule has 126 valence electrons. The minimum Gasteiger partial charge on any atom is -0.351 e. The molecule has 0 amide bonds. The van der Waals surface area contributed by atoms with Crippen molar-refractivity contribution in [3.8, 4) is 0 Å². The number of fused-ring (bicyclic) bond motifs is 1. The number of rotatable bonds is 4. The number of carbonyl (C=O) groups is 2. The van der Waals surface area contributed by atoms with E-state index < -0.39 is 0 Å². The third-order valence-electron chi connectivity index (χ3n) is 4.58. The van der Waals surface area contributed by atoms with Crippen LogP contribution in [0.4, 0.5) is 0 Å². The summed E-state index contributed by atoms with van der Waals surface area (Å²) in [5.74, 6) is -0.166. The number of nitrogens with zero attached hydrogens (tertiary/aromatic N) is 1. The topological polar surface area (TPSA) is 39.1 Å². The number of carbonyl (C=O) groups excluding carboxylic acids is 2. The summed E-state index contributed by atoms with van der Waals surface area (Å²) in [6.45, 7) is 0. The van der Waals surface area contributed by atoms with E-state index in [2.05, 4.69) is 0 Å². The lowest BCUT2D eigenvalue weighted by Crippen LogP contribution is -2.07. The SMILES string of the molecule is Cn1ccc2c(C(=O)c3ccccc3)cc(C(=O)c3ccccc3)cc21. The molecule has 0 spiro atoms. The van der Waals surface area contributed by atoms with Crippen LogP contribution in [0.25, 0.3) is 10.9 Å². The van der Waals surface area contributed by atoms with Crippen molar-refractivity contribution >= 4 is 22.5 Å². The smallest absolute Gasteiger partial charge is 0.193 e. The van der Waals surface area contributed by atoms with Crippen molar-refractivity contribution in [2.24, 2.45) is 7.05 Å². The maximum absolute atomic E-state index is 13.1. The fourth-order valence-corrected chi connectivity index (χ4v) is 3.19. The Kier molecular flexibility index (Phi) is 3.98. The highest BCUT2D eigenvalue weighted by atomic mass is 16.1. The van der Waals surface area contributed by atoms with E-state index >= 15 is 0 Å². The zero-order chi connectivity index (χ0) is 18.1. The Morgan fingerprint density at radius 1 is 0.692 bits per heavy atom. The molecule has 0 N–H and O–H groups in total. The van der Waals surface area contributed by atoms with E-state index in [-0.39, 0.29) is 11.6 Å². The number of ketones is 2. The maximum Gasteiger partial charge on any atom is 0.193 e. The van der Waals surface area contributed by atoms with Gasteiger partial charge < -0.3 is 4.57 Å². The van der Waals surface area contributed by atoms with Crippen molar-refractivity contribution in [2.75, 3.05) is 0 Å². The van der Waals surface area contributed by atoms with Gasteiger partial charge in [-0.15, -0.1) is 0 Å². The molecule has 3 heteroatoms. The summed E-state index contributed by atoms with van der Waals surface area (Å²) in [7, 11) is 1.91. The van der Waals surface area contributed by atoms with Crippen molar-refractivity contribution in [1.29, 1.82) is 0 Å². The normalized spacial score (nSPS) is 10.8. The maximum atomic E-state index is 13.1. The summed E-state index contributed by atoms with van der Waals surface area (Å²) < 4.78 is 1.93. The fourth-order valence-electron chi connectivity index (χ4n) is 3.19. The van der Waals surface area contributed by atoms with Gasteiger partial charge in [-0.25, -0.2) is 0 Å². The minimum atomic E-state index is -0.0872. The molecule has 0 saturated carbocycles. The molecule has 0 unspecified atom stereocenters. The molecule has 4 aromatic rings. The molecule has 26 heavy (non-hydrogen) atoms. The first kappa shape index (κ1) is 16.0. The summed E-state index contributed by atoms with van der Waals surface area (Å²) >= 11 is 0. The number of hydrogen-bond donors (Lipinski definition) is 0. The Hall–Kier alpha value is -3.46. The van der Waals surface area contributed by atoms with Crippen molar-refractivity contribution in [1.82, 2.24) is 4.57 Å². The van der Waals surface area contributed by atoms with E-state index in [1.807, 2.05) is 66.3 Å². The van der Waals surface area contributed by atoms with Crippen LogP contribution in [0.5, 0.6) is 0 Å². The summed E-state index contributed by atoms with van der Waals surface area (Å²) in [5, 5.41) is 0.853. The first-order chi connectivity index (χ1) is 12.6. The molecule has 0 aliphatic carbocycles. The summed E-state index contributed by atoms with van der Waals surface area (Å²) in [4.78, 5) is 26.0. The Labute approximate surface area is 151 Å². The van der Waals surface area contributed by atoms with Crippen LogP contribution < -0.4 is 0 Å². The number of aryl methyl sites for hydroxylation is 1. The van der Waals surface area contributed by atoms with Crippen molar-refractivity contribution in [3.63, 3.8) is 0 Å². The van der Waals surface area contributed by atoms with Crippen LogP contribution in [0.2, 0.25) is 0 Å². The largest absolute Gasteiger partial charge is 0.351 e. The van der Waals surface area contributed by atoms with Gasteiger partial charge in [-0.1, -0.05) is 60.7 Å². The first-order valence-electron chi connectivity index (χ1n) is 8.44. The summed E-state index contributed by atoms with van der Waals surface area (Å²) in [5.41, 5.74) is 3.16. The first-order valence-corrected chi connectivity index (χ1v) is 8.44. The molecule has 1 aromatic heterocycles. The molecule has 0 radical (unpaired) electrons. The predicted molar refractivity (Wildman–Crippen MR) is 103 cm³/mol. The van der Waals surface area contributed by atoms with E-state index in [1.165, 1.54) is 0 Å². The monoisotopic (exact) mass is 339 g/mol. The Morgan fingerprint density at radius 3 is 1.88 bits per heavy atom. The van der Waals surface area contributed by atoms with Crippen molar-refractivity contribution in [2.45, 2.75) is 0 Å². The van der Waals surface area contributed by atoms with Crippen LogP contribution in [0.15, 0.2) is 85.1 Å². The summed E-state index contributed by atoms with van der Waals surface area (Å²) in [6, 6.07) is 23.8. The second-order valence-electron chi connectivity index (χ2n) is 6.27. The molecule has 1 heterocycles. The van der Waals surface area contributed by atoms with Crippen molar-refractivity contribution in [3.05, 3.63) is 107 Å². The van der Waals surface area contributed by atoms with Gasteiger partial charge in [-0.05, 0) is 18.2 Å². The van der Waals surface area contributed by atoms with Gasteiger partial charge >= 0.3 is 0 Å². The van der Waals surface area contributed by atoms with Crippen LogP contribution in [0, 0.1) is 0 Å². The predicted octanol–water partition coefficient (Wildman–Crippen LogP) is 4.64. The molecule has 0 bridgehead atoms. The molecule has 0 aliphatic heterocycles. The Bertz CT molecular complexity index is 1110. The Morgan fingerprint density at radius 2 is 1.27 bits per heavy atom. The van der Waals surface area contributed by atoms with Crippen LogP contribution in [0.1, 0.15) is 31.8 Å². The quantitative estimate of drug-likeness (QED) is 0.508. The Balaban J connectivity index is 1.90. The molecular weight excluding hydrogens is 322 g/mol. The van der Waals surface area contributed by atoms with Crippen LogP contribution in [0.3, 0.4) is 0 Å². The molecule has 4 rings (SSSR count). The van der Waals surface area contributed by atoms with E-state index in [0.717, 1.165) is 10.9 Å². The third-order valence-corrected chi connectivity index (χ3v) is 4.58. The lowest BCUT2D eigenvalue weighted by molar-refractivity contribution is 0.103. The fraction of sp³-hybridized carbons (Fsp3) is 0.0435. The molecule has 0 aliphatic rings.